The summed E-state index contributed by atoms with van der Waals surface area (Å²) in [4.78, 5) is 2.73. The first-order valence-corrected chi connectivity index (χ1v) is 7.70. The summed E-state index contributed by atoms with van der Waals surface area (Å²) >= 11 is 0. The van der Waals surface area contributed by atoms with Crippen molar-refractivity contribution in [3.8, 4) is 0 Å². The van der Waals surface area contributed by atoms with Crippen LogP contribution in [0, 0.1) is 23.7 Å². The molecular formula is C15H29ClN2. The van der Waals surface area contributed by atoms with Gasteiger partial charge in [-0.25, -0.2) is 0 Å². The summed E-state index contributed by atoms with van der Waals surface area (Å²) in [7, 11) is 0. The van der Waals surface area contributed by atoms with Crippen LogP contribution in [0.25, 0.3) is 0 Å². The van der Waals surface area contributed by atoms with Crippen molar-refractivity contribution in [3.63, 3.8) is 0 Å². The lowest BCUT2D eigenvalue weighted by atomic mass is 9.86. The Balaban J connectivity index is 0.00000120. The Kier molecular flexibility index (Phi) is 4.96. The third-order valence-corrected chi connectivity index (χ3v) is 5.75. The molecule has 0 aromatic carbocycles. The molecule has 0 radical (unpaired) electrons. The molecule has 2 N–H and O–H groups in total. The van der Waals surface area contributed by atoms with Gasteiger partial charge in [-0.1, -0.05) is 6.42 Å². The lowest BCUT2D eigenvalue weighted by Crippen LogP contribution is -2.42. The molecule has 3 rings (SSSR count). The van der Waals surface area contributed by atoms with Gasteiger partial charge in [-0.3, -0.25) is 0 Å². The molecule has 2 aliphatic carbocycles. The topological polar surface area (TPSA) is 29.3 Å². The second-order valence-corrected chi connectivity index (χ2v) is 6.93. The maximum atomic E-state index is 6.01. The second kappa shape index (κ2) is 6.11. The van der Waals surface area contributed by atoms with Crippen LogP contribution in [0.4, 0.5) is 0 Å². The summed E-state index contributed by atoms with van der Waals surface area (Å²) in [5.74, 6) is 4.02. The van der Waals surface area contributed by atoms with Gasteiger partial charge in [0, 0.05) is 12.6 Å². The SMILES string of the molecule is CC(N)C1CCN(CC2CC3CCC2C3)CC1.Cl. The minimum absolute atomic E-state index is 0. The van der Waals surface area contributed by atoms with E-state index in [9.17, 15) is 0 Å². The van der Waals surface area contributed by atoms with Crippen LogP contribution in [0.5, 0.6) is 0 Å². The third kappa shape index (κ3) is 3.02. The summed E-state index contributed by atoms with van der Waals surface area (Å²) in [5.41, 5.74) is 6.01. The number of hydrogen-bond acceptors (Lipinski definition) is 2. The van der Waals surface area contributed by atoms with E-state index >= 15 is 0 Å². The number of hydrogen-bond donors (Lipinski definition) is 1. The normalized spacial score (nSPS) is 38.7. The minimum atomic E-state index is 0. The quantitative estimate of drug-likeness (QED) is 0.856. The average molecular weight is 273 g/mol. The molecule has 0 aromatic heterocycles. The molecule has 3 fully saturated rings. The first-order valence-electron chi connectivity index (χ1n) is 7.70. The van der Waals surface area contributed by atoms with Gasteiger partial charge < -0.3 is 10.6 Å². The number of nitrogens with two attached hydrogens (primary N) is 1. The van der Waals surface area contributed by atoms with Gasteiger partial charge in [-0.15, -0.1) is 12.4 Å². The Bertz CT molecular complexity index is 261. The molecule has 3 aliphatic rings. The zero-order chi connectivity index (χ0) is 11.8. The molecule has 4 unspecified atom stereocenters. The molecule has 1 heterocycles. The van der Waals surface area contributed by atoms with Crippen molar-refractivity contribution in [2.24, 2.45) is 29.4 Å². The number of halogens is 1. The van der Waals surface area contributed by atoms with Crippen LogP contribution in [-0.2, 0) is 0 Å². The van der Waals surface area contributed by atoms with Crippen LogP contribution < -0.4 is 5.73 Å². The van der Waals surface area contributed by atoms with E-state index < -0.39 is 0 Å². The standard InChI is InChI=1S/C15H28N2.ClH/c1-11(16)13-4-6-17(7-5-13)10-15-9-12-2-3-14(15)8-12;/h11-15H,2-10,16H2,1H3;1H. The predicted molar refractivity (Wildman–Crippen MR) is 79.0 cm³/mol. The molecular weight excluding hydrogens is 244 g/mol. The van der Waals surface area contributed by atoms with Gasteiger partial charge in [0.25, 0.3) is 0 Å². The number of nitrogens with zero attached hydrogens (tertiary/aromatic N) is 1. The molecule has 106 valence electrons. The smallest absolute Gasteiger partial charge is 0.00397 e. The Morgan fingerprint density at radius 1 is 1.11 bits per heavy atom. The Morgan fingerprint density at radius 2 is 1.83 bits per heavy atom. The van der Waals surface area contributed by atoms with Crippen LogP contribution in [0.2, 0.25) is 0 Å². The first kappa shape index (κ1) is 14.6. The highest BCUT2D eigenvalue weighted by Crippen LogP contribution is 2.48. The summed E-state index contributed by atoms with van der Waals surface area (Å²) < 4.78 is 0. The Hall–Kier alpha value is 0.210. The lowest BCUT2D eigenvalue weighted by Gasteiger charge is -2.36. The maximum absolute atomic E-state index is 6.01. The van der Waals surface area contributed by atoms with Gasteiger partial charge in [0.05, 0.1) is 0 Å². The second-order valence-electron chi connectivity index (χ2n) is 6.93. The highest BCUT2D eigenvalue weighted by Gasteiger charge is 2.40. The summed E-state index contributed by atoms with van der Waals surface area (Å²) in [6, 6.07) is 0.402. The van der Waals surface area contributed by atoms with Crippen LogP contribution in [-0.4, -0.2) is 30.6 Å². The Morgan fingerprint density at radius 3 is 2.33 bits per heavy atom. The van der Waals surface area contributed by atoms with E-state index in [2.05, 4.69) is 11.8 Å². The van der Waals surface area contributed by atoms with E-state index in [0.717, 1.165) is 23.7 Å². The van der Waals surface area contributed by atoms with Crippen molar-refractivity contribution >= 4 is 12.4 Å². The van der Waals surface area contributed by atoms with E-state index in [1.54, 1.807) is 6.42 Å². The van der Waals surface area contributed by atoms with E-state index in [0.29, 0.717) is 6.04 Å². The molecule has 4 atom stereocenters. The van der Waals surface area contributed by atoms with Gasteiger partial charge in [0.15, 0.2) is 0 Å². The monoisotopic (exact) mass is 272 g/mol. The van der Waals surface area contributed by atoms with Crippen molar-refractivity contribution < 1.29 is 0 Å². The van der Waals surface area contributed by atoms with Crippen molar-refractivity contribution in [2.75, 3.05) is 19.6 Å². The maximum Gasteiger partial charge on any atom is 0.00397 e. The Labute approximate surface area is 118 Å². The molecule has 2 saturated carbocycles. The summed E-state index contributed by atoms with van der Waals surface area (Å²) in [6.45, 7) is 6.18. The minimum Gasteiger partial charge on any atom is -0.328 e. The van der Waals surface area contributed by atoms with Crippen LogP contribution in [0.1, 0.15) is 45.4 Å². The van der Waals surface area contributed by atoms with E-state index in [-0.39, 0.29) is 12.4 Å². The zero-order valence-corrected chi connectivity index (χ0v) is 12.5. The molecule has 0 amide bonds. The fourth-order valence-electron chi connectivity index (χ4n) is 4.59. The van der Waals surface area contributed by atoms with Crippen LogP contribution in [0.15, 0.2) is 0 Å². The number of piperidine rings is 1. The van der Waals surface area contributed by atoms with Gasteiger partial charge in [-0.2, -0.15) is 0 Å². The van der Waals surface area contributed by atoms with Gasteiger partial charge in [0.2, 0.25) is 0 Å². The fraction of sp³-hybridized carbons (Fsp3) is 1.00. The average Bonchev–Trinajstić information content (AvgIpc) is 2.91. The van der Waals surface area contributed by atoms with Gasteiger partial charge >= 0.3 is 0 Å². The van der Waals surface area contributed by atoms with Gasteiger partial charge in [-0.05, 0) is 75.8 Å². The molecule has 3 heteroatoms. The predicted octanol–water partition coefficient (Wildman–Crippen LogP) is 2.90. The third-order valence-electron chi connectivity index (χ3n) is 5.75. The summed E-state index contributed by atoms with van der Waals surface area (Å²) in [6.07, 6.45) is 8.83. The van der Waals surface area contributed by atoms with Crippen molar-refractivity contribution in [3.05, 3.63) is 0 Å². The zero-order valence-electron chi connectivity index (χ0n) is 11.7. The molecule has 18 heavy (non-hydrogen) atoms. The molecule has 1 aliphatic heterocycles. The van der Waals surface area contributed by atoms with E-state index in [4.69, 9.17) is 5.73 Å². The fourth-order valence-corrected chi connectivity index (χ4v) is 4.59. The number of likely N-dealkylation sites (tertiary alicyclic amines) is 1. The molecule has 0 spiro atoms. The molecule has 1 saturated heterocycles. The molecule has 2 bridgehead atoms. The highest BCUT2D eigenvalue weighted by atomic mass is 35.5. The summed E-state index contributed by atoms with van der Waals surface area (Å²) in [5, 5.41) is 0. The number of fused-ring (bicyclic) bond motifs is 2. The van der Waals surface area contributed by atoms with E-state index in [1.807, 2.05) is 0 Å². The van der Waals surface area contributed by atoms with Crippen molar-refractivity contribution in [1.82, 2.24) is 4.90 Å². The van der Waals surface area contributed by atoms with E-state index in [1.165, 1.54) is 51.7 Å². The first-order chi connectivity index (χ1) is 8.22. The van der Waals surface area contributed by atoms with Gasteiger partial charge in [0.1, 0.15) is 0 Å². The lowest BCUT2D eigenvalue weighted by molar-refractivity contribution is 0.132. The van der Waals surface area contributed by atoms with Crippen LogP contribution in [0.3, 0.4) is 0 Å². The van der Waals surface area contributed by atoms with Crippen molar-refractivity contribution in [2.45, 2.75) is 51.5 Å². The molecule has 2 nitrogen and oxygen atoms in total. The van der Waals surface area contributed by atoms with Crippen molar-refractivity contribution in [1.29, 1.82) is 0 Å². The van der Waals surface area contributed by atoms with Crippen LogP contribution >= 0.6 is 12.4 Å². The number of rotatable bonds is 3. The largest absolute Gasteiger partial charge is 0.328 e. The molecule has 0 aromatic rings. The highest BCUT2D eigenvalue weighted by molar-refractivity contribution is 5.85.